The van der Waals surface area contributed by atoms with Gasteiger partial charge >= 0.3 is 0 Å². The van der Waals surface area contributed by atoms with Crippen molar-refractivity contribution in [1.29, 1.82) is 0 Å². The average Bonchev–Trinajstić information content (AvgIpc) is 2.59. The molecule has 6 nitrogen and oxygen atoms in total. The monoisotopic (exact) mass is 432 g/mol. The zero-order chi connectivity index (χ0) is 19.9. The molecule has 0 spiro atoms. The van der Waals surface area contributed by atoms with Crippen LogP contribution in [0, 0.1) is 0 Å². The van der Waals surface area contributed by atoms with Crippen molar-refractivity contribution in [1.82, 2.24) is 5.32 Å². The smallest absolute Gasteiger partial charge is 0.229 e. The van der Waals surface area contributed by atoms with Crippen LogP contribution in [0.1, 0.15) is 5.56 Å². The molecule has 0 heterocycles. The molecule has 0 unspecified atom stereocenters. The van der Waals surface area contributed by atoms with Gasteiger partial charge in [-0.15, -0.1) is 0 Å². The third-order valence-electron chi connectivity index (χ3n) is 3.57. The molecule has 0 radical (unpaired) electrons. The number of aliphatic hydroxyl groups is 1. The lowest BCUT2D eigenvalue weighted by atomic mass is 10.1. The second kappa shape index (κ2) is 10.1. The van der Waals surface area contributed by atoms with Gasteiger partial charge in [0, 0.05) is 6.54 Å². The van der Waals surface area contributed by atoms with Crippen molar-refractivity contribution in [3.63, 3.8) is 0 Å². The summed E-state index contributed by atoms with van der Waals surface area (Å²) in [5, 5.41) is 14.2. The number of ether oxygens (including phenoxy) is 1. The van der Waals surface area contributed by atoms with E-state index in [-0.39, 0.29) is 6.61 Å². The van der Waals surface area contributed by atoms with Gasteiger partial charge in [-0.3, -0.25) is 4.72 Å². The quantitative estimate of drug-likeness (QED) is 0.502. The van der Waals surface area contributed by atoms with E-state index >= 15 is 0 Å². The number of sulfonamides is 1. The highest BCUT2D eigenvalue weighted by molar-refractivity contribution is 7.92. The van der Waals surface area contributed by atoms with E-state index in [1.807, 2.05) is 12.1 Å². The summed E-state index contributed by atoms with van der Waals surface area (Å²) < 4.78 is 30.7. The number of nitrogens with one attached hydrogen (secondary N) is 2. The Morgan fingerprint density at radius 2 is 1.89 bits per heavy atom. The molecule has 0 fully saturated rings. The van der Waals surface area contributed by atoms with Crippen molar-refractivity contribution in [2.24, 2.45) is 0 Å². The second-order valence-electron chi connectivity index (χ2n) is 6.04. The van der Waals surface area contributed by atoms with Gasteiger partial charge in [0.25, 0.3) is 0 Å². The first kappa shape index (κ1) is 21.8. The van der Waals surface area contributed by atoms with Gasteiger partial charge in [0.15, 0.2) is 0 Å². The summed E-state index contributed by atoms with van der Waals surface area (Å²) in [5.41, 5.74) is 1.38. The predicted octanol–water partition coefficient (Wildman–Crippen LogP) is 2.94. The molecule has 0 aliphatic rings. The Labute approximate surface area is 169 Å². The first-order chi connectivity index (χ1) is 12.7. The fraction of sp³-hybridized carbons (Fsp3) is 0.333. The maximum absolute atomic E-state index is 11.4. The van der Waals surface area contributed by atoms with E-state index < -0.39 is 16.1 Å². The van der Waals surface area contributed by atoms with Crippen LogP contribution in [0.3, 0.4) is 0 Å². The Morgan fingerprint density at radius 1 is 1.15 bits per heavy atom. The third kappa shape index (κ3) is 7.94. The zero-order valence-electron chi connectivity index (χ0n) is 14.8. The minimum absolute atomic E-state index is 0.0300. The second-order valence-corrected chi connectivity index (χ2v) is 8.60. The molecule has 3 N–H and O–H groups in total. The summed E-state index contributed by atoms with van der Waals surface area (Å²) in [6, 6.07) is 12.1. The van der Waals surface area contributed by atoms with Crippen LogP contribution >= 0.6 is 23.2 Å². The van der Waals surface area contributed by atoms with Crippen LogP contribution in [-0.4, -0.2) is 45.6 Å². The maximum Gasteiger partial charge on any atom is 0.229 e. The number of rotatable bonds is 10. The van der Waals surface area contributed by atoms with Crippen LogP contribution in [-0.2, 0) is 16.4 Å². The lowest BCUT2D eigenvalue weighted by Gasteiger charge is -2.16. The van der Waals surface area contributed by atoms with Gasteiger partial charge in [-0.25, -0.2) is 8.42 Å². The summed E-state index contributed by atoms with van der Waals surface area (Å²) in [5.74, 6) is 0.359. The number of hydrogen-bond acceptors (Lipinski definition) is 5. The highest BCUT2D eigenvalue weighted by Crippen LogP contribution is 2.25. The molecule has 9 heteroatoms. The molecular formula is C18H22Cl2N2O4S. The number of para-hydroxylation sites is 2. The summed E-state index contributed by atoms with van der Waals surface area (Å²) in [4.78, 5) is 0. The molecule has 2 rings (SSSR count). The first-order valence-electron chi connectivity index (χ1n) is 8.27. The molecule has 0 aromatic heterocycles. The topological polar surface area (TPSA) is 87.7 Å². The first-order valence-corrected chi connectivity index (χ1v) is 10.9. The SMILES string of the molecule is CS(=O)(=O)Nc1ccccc1OC[C@@H](O)CNCCc1ccc(Cl)c(Cl)c1. The van der Waals surface area contributed by atoms with E-state index in [1.54, 1.807) is 30.3 Å². The Kier molecular flexibility index (Phi) is 8.19. The zero-order valence-corrected chi connectivity index (χ0v) is 17.1. The molecule has 0 saturated heterocycles. The lowest BCUT2D eigenvalue weighted by Crippen LogP contribution is -2.32. The molecule has 1 atom stereocenters. The van der Waals surface area contributed by atoms with Gasteiger partial charge in [-0.2, -0.15) is 0 Å². The normalized spacial score (nSPS) is 12.6. The highest BCUT2D eigenvalue weighted by Gasteiger charge is 2.10. The number of halogens is 2. The van der Waals surface area contributed by atoms with Crippen molar-refractivity contribution in [3.8, 4) is 5.75 Å². The largest absolute Gasteiger partial charge is 0.489 e. The summed E-state index contributed by atoms with van der Waals surface area (Å²) in [7, 11) is -3.41. The molecule has 0 bridgehead atoms. The van der Waals surface area contributed by atoms with Crippen molar-refractivity contribution in [3.05, 3.63) is 58.1 Å². The van der Waals surface area contributed by atoms with Gasteiger partial charge in [-0.05, 0) is 42.8 Å². The predicted molar refractivity (Wildman–Crippen MR) is 109 cm³/mol. The Balaban J connectivity index is 1.75. The van der Waals surface area contributed by atoms with Crippen molar-refractivity contribution in [2.45, 2.75) is 12.5 Å². The molecule has 2 aromatic carbocycles. The molecular weight excluding hydrogens is 411 g/mol. The van der Waals surface area contributed by atoms with Crippen molar-refractivity contribution >= 4 is 38.9 Å². The molecule has 0 saturated carbocycles. The van der Waals surface area contributed by atoms with Gasteiger partial charge in [0.2, 0.25) is 10.0 Å². The molecule has 2 aromatic rings. The number of hydrogen-bond donors (Lipinski definition) is 3. The van der Waals surface area contributed by atoms with E-state index in [4.69, 9.17) is 27.9 Å². The van der Waals surface area contributed by atoms with Crippen LogP contribution in [0.5, 0.6) is 5.75 Å². The fourth-order valence-electron chi connectivity index (χ4n) is 2.32. The van der Waals surface area contributed by atoms with E-state index in [0.717, 1.165) is 18.2 Å². The van der Waals surface area contributed by atoms with Gasteiger partial charge < -0.3 is 15.2 Å². The Bertz CT molecular complexity index is 862. The van der Waals surface area contributed by atoms with Crippen LogP contribution in [0.4, 0.5) is 5.69 Å². The Hall–Kier alpha value is -1.51. The number of aliphatic hydroxyl groups excluding tert-OH is 1. The van der Waals surface area contributed by atoms with Crippen LogP contribution in [0.15, 0.2) is 42.5 Å². The van der Waals surface area contributed by atoms with E-state index in [0.29, 0.717) is 34.6 Å². The van der Waals surface area contributed by atoms with Crippen molar-refractivity contribution < 1.29 is 18.3 Å². The third-order valence-corrected chi connectivity index (χ3v) is 4.90. The van der Waals surface area contributed by atoms with E-state index in [9.17, 15) is 13.5 Å². The minimum Gasteiger partial charge on any atom is -0.489 e. The maximum atomic E-state index is 11.4. The van der Waals surface area contributed by atoms with Crippen LogP contribution in [0.2, 0.25) is 10.0 Å². The minimum atomic E-state index is -3.41. The summed E-state index contributed by atoms with van der Waals surface area (Å²) in [6.45, 7) is 1.02. The standard InChI is InChI=1S/C18H22Cl2N2O4S/c1-27(24,25)22-17-4-2-3-5-18(17)26-12-14(23)11-21-9-8-13-6-7-15(19)16(20)10-13/h2-7,10,14,21-23H,8-9,11-12H2,1H3/t14-/m0/s1. The Morgan fingerprint density at radius 3 is 2.59 bits per heavy atom. The highest BCUT2D eigenvalue weighted by atomic mass is 35.5. The van der Waals surface area contributed by atoms with Gasteiger partial charge in [0.05, 0.1) is 22.0 Å². The fourth-order valence-corrected chi connectivity index (χ4v) is 3.21. The van der Waals surface area contributed by atoms with E-state index in [1.165, 1.54) is 0 Å². The van der Waals surface area contributed by atoms with Crippen LogP contribution < -0.4 is 14.8 Å². The van der Waals surface area contributed by atoms with Gasteiger partial charge in [0.1, 0.15) is 18.5 Å². The van der Waals surface area contributed by atoms with Crippen molar-refractivity contribution in [2.75, 3.05) is 30.7 Å². The number of anilines is 1. The van der Waals surface area contributed by atoms with Crippen LogP contribution in [0.25, 0.3) is 0 Å². The molecule has 0 aliphatic carbocycles. The molecule has 27 heavy (non-hydrogen) atoms. The number of benzene rings is 2. The molecule has 148 valence electrons. The average molecular weight is 433 g/mol. The summed E-state index contributed by atoms with van der Waals surface area (Å²) >= 11 is 11.9. The molecule has 0 amide bonds. The van der Waals surface area contributed by atoms with E-state index in [2.05, 4.69) is 10.0 Å². The van der Waals surface area contributed by atoms with Gasteiger partial charge in [-0.1, -0.05) is 41.4 Å². The summed E-state index contributed by atoms with van der Waals surface area (Å²) in [6.07, 6.45) is 1.06. The molecule has 0 aliphatic heterocycles. The lowest BCUT2D eigenvalue weighted by molar-refractivity contribution is 0.107.